The molecule has 0 aliphatic carbocycles. The highest BCUT2D eigenvalue weighted by Crippen LogP contribution is 2.31. The zero-order valence-corrected chi connectivity index (χ0v) is 28.0. The molecule has 4 aromatic carbocycles. The Morgan fingerprint density at radius 1 is 0.822 bits per heavy atom. The SMILES string of the molecule is Cc1c(Cl)cccc1N(CC(=O)N(Cc1cccc(Cl)c1)C(Cc1ccccc1)C(=O)NC(C)(C)C)S(=O)(=O)c1ccccc1. The second kappa shape index (κ2) is 14.5. The van der Waals surface area contributed by atoms with Crippen molar-refractivity contribution in [3.8, 4) is 0 Å². The molecule has 0 radical (unpaired) electrons. The van der Waals surface area contributed by atoms with E-state index >= 15 is 0 Å². The Kier molecular flexibility index (Phi) is 11.0. The second-order valence-corrected chi connectivity index (χ2v) is 14.5. The van der Waals surface area contributed by atoms with E-state index in [1.165, 1.54) is 17.0 Å². The van der Waals surface area contributed by atoms with Gasteiger partial charge in [0.15, 0.2) is 0 Å². The number of nitrogens with one attached hydrogen (secondary N) is 1. The summed E-state index contributed by atoms with van der Waals surface area (Å²) in [4.78, 5) is 30.0. The third-order valence-electron chi connectivity index (χ3n) is 7.13. The number of sulfonamides is 1. The lowest BCUT2D eigenvalue weighted by atomic mass is 10.0. The highest BCUT2D eigenvalue weighted by Gasteiger charge is 2.36. The molecule has 0 aromatic heterocycles. The lowest BCUT2D eigenvalue weighted by Gasteiger charge is -2.35. The van der Waals surface area contributed by atoms with E-state index in [1.54, 1.807) is 61.5 Å². The van der Waals surface area contributed by atoms with E-state index in [1.807, 2.05) is 57.2 Å². The summed E-state index contributed by atoms with van der Waals surface area (Å²) in [5, 5.41) is 3.85. The van der Waals surface area contributed by atoms with Crippen molar-refractivity contribution in [3.63, 3.8) is 0 Å². The predicted octanol–water partition coefficient (Wildman–Crippen LogP) is 7.05. The lowest BCUT2D eigenvalue weighted by molar-refractivity contribution is -0.140. The minimum atomic E-state index is -4.23. The van der Waals surface area contributed by atoms with E-state index in [9.17, 15) is 18.0 Å². The maximum Gasteiger partial charge on any atom is 0.264 e. The second-order valence-electron chi connectivity index (χ2n) is 11.8. The summed E-state index contributed by atoms with van der Waals surface area (Å²) in [6.45, 7) is 6.74. The fourth-order valence-corrected chi connectivity index (χ4v) is 6.81. The number of carbonyl (C=O) groups excluding carboxylic acids is 2. The van der Waals surface area contributed by atoms with Crippen LogP contribution in [0.1, 0.15) is 37.5 Å². The van der Waals surface area contributed by atoms with E-state index in [0.717, 1.165) is 9.87 Å². The molecule has 0 saturated heterocycles. The molecule has 1 atom stereocenters. The molecule has 0 saturated carbocycles. The summed E-state index contributed by atoms with van der Waals surface area (Å²) in [5.74, 6) is -0.933. The van der Waals surface area contributed by atoms with Gasteiger partial charge in [-0.05, 0) is 80.8 Å². The molecule has 0 bridgehead atoms. The minimum absolute atomic E-state index is 0.0161. The van der Waals surface area contributed by atoms with Crippen LogP contribution >= 0.6 is 23.2 Å². The number of halogens is 2. The van der Waals surface area contributed by atoms with Crippen LogP contribution in [0.4, 0.5) is 5.69 Å². The average molecular weight is 667 g/mol. The molecule has 0 heterocycles. The summed E-state index contributed by atoms with van der Waals surface area (Å²) in [6, 6.07) is 28.3. The van der Waals surface area contributed by atoms with E-state index in [2.05, 4.69) is 5.32 Å². The topological polar surface area (TPSA) is 86.8 Å². The van der Waals surface area contributed by atoms with E-state index < -0.39 is 34.1 Å². The zero-order chi connectivity index (χ0) is 32.8. The molecule has 45 heavy (non-hydrogen) atoms. The number of amides is 2. The van der Waals surface area contributed by atoms with Gasteiger partial charge in [-0.3, -0.25) is 13.9 Å². The molecule has 0 spiro atoms. The molecular weight excluding hydrogens is 629 g/mol. The molecule has 7 nitrogen and oxygen atoms in total. The van der Waals surface area contributed by atoms with Gasteiger partial charge in [0.05, 0.1) is 10.6 Å². The molecule has 0 aliphatic rings. The minimum Gasteiger partial charge on any atom is -0.350 e. The molecule has 2 amide bonds. The molecule has 1 unspecified atom stereocenters. The highest BCUT2D eigenvalue weighted by atomic mass is 35.5. The standard InChI is InChI=1S/C35H37Cl2N3O4S/c1-25-30(37)19-12-20-31(25)40(45(43,44)29-17-9-6-10-18-29)24-33(41)39(23-27-15-11-16-28(36)21-27)32(34(42)38-35(2,3)4)22-26-13-7-5-8-14-26/h5-21,32H,22-24H2,1-4H3,(H,38,42). The first kappa shape index (κ1) is 34.0. The smallest absolute Gasteiger partial charge is 0.264 e. The zero-order valence-electron chi connectivity index (χ0n) is 25.7. The normalized spacial score (nSPS) is 12.3. The molecule has 4 rings (SSSR count). The first-order chi connectivity index (χ1) is 21.3. The van der Waals surface area contributed by atoms with E-state index in [0.29, 0.717) is 21.2 Å². The van der Waals surface area contributed by atoms with Gasteiger partial charge < -0.3 is 10.2 Å². The van der Waals surface area contributed by atoms with Gasteiger partial charge in [-0.2, -0.15) is 0 Å². The van der Waals surface area contributed by atoms with Crippen molar-refractivity contribution in [1.82, 2.24) is 10.2 Å². The molecule has 10 heteroatoms. The van der Waals surface area contributed by atoms with Gasteiger partial charge in [0.1, 0.15) is 12.6 Å². The molecule has 1 N–H and O–H groups in total. The quantitative estimate of drug-likeness (QED) is 0.186. The Hall–Kier alpha value is -3.85. The van der Waals surface area contributed by atoms with Crippen molar-refractivity contribution in [2.45, 2.75) is 57.1 Å². The largest absolute Gasteiger partial charge is 0.350 e. The van der Waals surface area contributed by atoms with Crippen LogP contribution in [0.3, 0.4) is 0 Å². The van der Waals surface area contributed by atoms with Crippen molar-refractivity contribution in [2.75, 3.05) is 10.8 Å². The van der Waals surface area contributed by atoms with Gasteiger partial charge in [0, 0.05) is 28.5 Å². The van der Waals surface area contributed by atoms with Gasteiger partial charge in [-0.15, -0.1) is 0 Å². The maximum absolute atomic E-state index is 14.6. The van der Waals surface area contributed by atoms with Crippen molar-refractivity contribution >= 4 is 50.7 Å². The number of rotatable bonds is 11. The number of benzene rings is 4. The van der Waals surface area contributed by atoms with Crippen LogP contribution in [0.5, 0.6) is 0 Å². The molecule has 4 aromatic rings. The number of carbonyl (C=O) groups is 2. The van der Waals surface area contributed by atoms with Crippen molar-refractivity contribution < 1.29 is 18.0 Å². The first-order valence-electron chi connectivity index (χ1n) is 14.5. The van der Waals surface area contributed by atoms with Crippen LogP contribution in [0.25, 0.3) is 0 Å². The molecule has 0 aliphatic heterocycles. The Labute approximate surface area is 275 Å². The number of hydrogen-bond acceptors (Lipinski definition) is 4. The van der Waals surface area contributed by atoms with Crippen LogP contribution in [0.15, 0.2) is 108 Å². The summed E-state index contributed by atoms with van der Waals surface area (Å²) in [5.41, 5.74) is 1.71. The lowest BCUT2D eigenvalue weighted by Crippen LogP contribution is -2.56. The Balaban J connectivity index is 1.84. The van der Waals surface area contributed by atoms with Gasteiger partial charge in [-0.25, -0.2) is 8.42 Å². The number of anilines is 1. The van der Waals surface area contributed by atoms with E-state index in [4.69, 9.17) is 23.2 Å². The van der Waals surface area contributed by atoms with Gasteiger partial charge in [0.25, 0.3) is 10.0 Å². The van der Waals surface area contributed by atoms with Crippen LogP contribution in [-0.4, -0.2) is 43.3 Å². The summed E-state index contributed by atoms with van der Waals surface area (Å²) < 4.78 is 29.4. The van der Waals surface area contributed by atoms with Crippen molar-refractivity contribution in [2.24, 2.45) is 0 Å². The van der Waals surface area contributed by atoms with Crippen LogP contribution < -0.4 is 9.62 Å². The fraction of sp³-hybridized carbons (Fsp3) is 0.257. The Morgan fingerprint density at radius 2 is 1.42 bits per heavy atom. The van der Waals surface area contributed by atoms with Crippen molar-refractivity contribution in [3.05, 3.63) is 130 Å². The van der Waals surface area contributed by atoms with Crippen LogP contribution in [0.2, 0.25) is 10.0 Å². The average Bonchev–Trinajstić information content (AvgIpc) is 2.99. The summed E-state index contributed by atoms with van der Waals surface area (Å²) in [6.07, 6.45) is 0.205. The maximum atomic E-state index is 14.6. The first-order valence-corrected chi connectivity index (χ1v) is 16.7. The third-order valence-corrected chi connectivity index (χ3v) is 9.55. The number of hydrogen-bond donors (Lipinski definition) is 1. The van der Waals surface area contributed by atoms with E-state index in [-0.39, 0.29) is 29.5 Å². The molecular formula is C35H37Cl2N3O4S. The highest BCUT2D eigenvalue weighted by molar-refractivity contribution is 7.92. The van der Waals surface area contributed by atoms with Crippen LogP contribution in [-0.2, 0) is 32.6 Å². The monoisotopic (exact) mass is 665 g/mol. The predicted molar refractivity (Wildman–Crippen MR) is 181 cm³/mol. The number of nitrogens with zero attached hydrogens (tertiary/aromatic N) is 2. The Morgan fingerprint density at radius 3 is 2.04 bits per heavy atom. The molecule has 0 fully saturated rings. The van der Waals surface area contributed by atoms with Crippen molar-refractivity contribution in [1.29, 1.82) is 0 Å². The molecule has 236 valence electrons. The Bertz CT molecular complexity index is 1740. The van der Waals surface area contributed by atoms with Crippen LogP contribution in [0, 0.1) is 6.92 Å². The summed E-state index contributed by atoms with van der Waals surface area (Å²) >= 11 is 12.7. The summed E-state index contributed by atoms with van der Waals surface area (Å²) in [7, 11) is -4.23. The van der Waals surface area contributed by atoms with Gasteiger partial charge in [-0.1, -0.05) is 89.9 Å². The van der Waals surface area contributed by atoms with Gasteiger partial charge >= 0.3 is 0 Å². The third kappa shape index (κ3) is 8.87. The fourth-order valence-electron chi connectivity index (χ4n) is 4.94. The van der Waals surface area contributed by atoms with Gasteiger partial charge in [0.2, 0.25) is 11.8 Å².